The minimum atomic E-state index is -3.66. The number of hydrogen-bond acceptors (Lipinski definition) is 5. The number of anilines is 1. The summed E-state index contributed by atoms with van der Waals surface area (Å²) in [5, 5.41) is 10.0. The third kappa shape index (κ3) is 2.85. The summed E-state index contributed by atoms with van der Waals surface area (Å²) in [5.74, 6) is 0.828. The van der Waals surface area contributed by atoms with Crippen molar-refractivity contribution in [2.75, 3.05) is 25.0 Å². The van der Waals surface area contributed by atoms with Crippen molar-refractivity contribution >= 4 is 33.1 Å². The van der Waals surface area contributed by atoms with Crippen molar-refractivity contribution in [3.05, 3.63) is 22.6 Å². The van der Waals surface area contributed by atoms with Gasteiger partial charge in [0.2, 0.25) is 0 Å². The second kappa shape index (κ2) is 6.14. The number of aryl methyl sites for hydroxylation is 1. The first kappa shape index (κ1) is 17.4. The summed E-state index contributed by atoms with van der Waals surface area (Å²) >= 11 is 6.34. The zero-order valence-corrected chi connectivity index (χ0v) is 15.5. The average Bonchev–Trinajstić information content (AvgIpc) is 2.78. The first-order chi connectivity index (χ1) is 11.2. The van der Waals surface area contributed by atoms with E-state index in [9.17, 15) is 8.42 Å². The Bertz CT molecular complexity index is 873. The Morgan fingerprint density at radius 1 is 1.29 bits per heavy atom. The molecule has 132 valence electrons. The molecule has 0 saturated carbocycles. The molecule has 1 saturated heterocycles. The minimum absolute atomic E-state index is 0.0904. The second-order valence-electron chi connectivity index (χ2n) is 6.16. The predicted molar refractivity (Wildman–Crippen MR) is 93.6 cm³/mol. The highest BCUT2D eigenvalue weighted by molar-refractivity contribution is 7.86. The summed E-state index contributed by atoms with van der Waals surface area (Å²) < 4.78 is 25.9. The zero-order chi connectivity index (χ0) is 17.6. The van der Waals surface area contributed by atoms with Crippen LogP contribution in [0.5, 0.6) is 0 Å². The number of hydrogen-bond donors (Lipinski definition) is 1. The van der Waals surface area contributed by atoms with Crippen molar-refractivity contribution < 1.29 is 8.42 Å². The van der Waals surface area contributed by atoms with Crippen LogP contribution in [0.4, 0.5) is 5.82 Å². The summed E-state index contributed by atoms with van der Waals surface area (Å²) in [6.45, 7) is 5.35. The smallest absolute Gasteiger partial charge is 0.276 e. The van der Waals surface area contributed by atoms with Gasteiger partial charge in [-0.2, -0.15) is 17.8 Å². The predicted octanol–water partition coefficient (Wildman–Crippen LogP) is 1.10. The van der Waals surface area contributed by atoms with Gasteiger partial charge in [0.05, 0.1) is 0 Å². The van der Waals surface area contributed by atoms with Crippen molar-refractivity contribution in [2.45, 2.75) is 32.7 Å². The fraction of sp³-hybridized carbons (Fsp3) is 0.571. The van der Waals surface area contributed by atoms with Crippen molar-refractivity contribution in [1.82, 2.24) is 18.9 Å². The molecule has 2 aromatic rings. The number of piperidine rings is 1. The summed E-state index contributed by atoms with van der Waals surface area (Å²) in [7, 11) is -2.13. The van der Waals surface area contributed by atoms with Gasteiger partial charge in [0, 0.05) is 26.2 Å². The van der Waals surface area contributed by atoms with E-state index in [1.807, 2.05) is 13.8 Å². The minimum Gasteiger partial charge on any atom is -0.355 e. The van der Waals surface area contributed by atoms with E-state index in [4.69, 9.17) is 16.7 Å². The Morgan fingerprint density at radius 2 is 1.92 bits per heavy atom. The molecule has 0 aromatic carbocycles. The lowest BCUT2D eigenvalue weighted by Crippen LogP contribution is -2.47. The molecule has 1 fully saturated rings. The molecule has 0 bridgehead atoms. The van der Waals surface area contributed by atoms with Crippen LogP contribution in [0.25, 0.3) is 5.52 Å². The monoisotopic (exact) mass is 372 g/mol. The van der Waals surface area contributed by atoms with Gasteiger partial charge in [0.25, 0.3) is 10.2 Å². The molecule has 0 unspecified atom stereocenters. The molecular weight excluding hydrogens is 352 g/mol. The third-order valence-corrected chi connectivity index (χ3v) is 6.41. The Balaban J connectivity index is 1.88. The van der Waals surface area contributed by atoms with Crippen LogP contribution < -0.4 is 10.0 Å². The van der Waals surface area contributed by atoms with Crippen molar-refractivity contribution in [3.63, 3.8) is 0 Å². The number of halogens is 1. The summed E-state index contributed by atoms with van der Waals surface area (Å²) in [6, 6.07) is -0.0904. The van der Waals surface area contributed by atoms with Gasteiger partial charge in [-0.15, -0.1) is 0 Å². The Kier molecular flexibility index (Phi) is 4.45. The molecule has 0 amide bonds. The number of rotatable bonds is 3. The maximum Gasteiger partial charge on any atom is 0.276 e. The van der Waals surface area contributed by atoms with Crippen molar-refractivity contribution in [2.24, 2.45) is 5.14 Å². The summed E-state index contributed by atoms with van der Waals surface area (Å²) in [6.07, 6.45) is 2.88. The van der Waals surface area contributed by atoms with Crippen molar-refractivity contribution in [3.8, 4) is 0 Å². The fourth-order valence-corrected chi connectivity index (χ4v) is 4.09. The summed E-state index contributed by atoms with van der Waals surface area (Å²) in [5.41, 5.74) is 2.94. The van der Waals surface area contributed by atoms with Gasteiger partial charge in [0.15, 0.2) is 5.82 Å². The molecule has 3 heterocycles. The highest BCUT2D eigenvalue weighted by atomic mass is 35.5. The molecule has 1 aliphatic heterocycles. The van der Waals surface area contributed by atoms with Crippen LogP contribution >= 0.6 is 11.6 Å². The van der Waals surface area contributed by atoms with Gasteiger partial charge >= 0.3 is 0 Å². The molecular formula is C14H21ClN6O2S. The maximum atomic E-state index is 11.5. The molecule has 2 aromatic heterocycles. The van der Waals surface area contributed by atoms with E-state index in [0.29, 0.717) is 31.1 Å². The molecule has 1 aliphatic rings. The van der Waals surface area contributed by atoms with Gasteiger partial charge in [-0.05, 0) is 37.8 Å². The number of fused-ring (bicyclic) bond motifs is 1. The normalized spacial score (nSPS) is 17.2. The third-order valence-electron chi connectivity index (χ3n) is 4.86. The van der Waals surface area contributed by atoms with Crippen molar-refractivity contribution in [1.29, 1.82) is 0 Å². The lowest BCUT2D eigenvalue weighted by atomic mass is 10.1. The Morgan fingerprint density at radius 3 is 2.50 bits per heavy atom. The highest BCUT2D eigenvalue weighted by Crippen LogP contribution is 2.32. The molecule has 2 N–H and O–H groups in total. The Hall–Kier alpha value is -1.42. The van der Waals surface area contributed by atoms with Gasteiger partial charge in [0.1, 0.15) is 17.0 Å². The van der Waals surface area contributed by atoms with Gasteiger partial charge < -0.3 is 4.90 Å². The first-order valence-corrected chi connectivity index (χ1v) is 9.59. The van der Waals surface area contributed by atoms with E-state index < -0.39 is 10.2 Å². The number of nitrogens with zero attached hydrogens (tertiary/aromatic N) is 5. The SMILES string of the molecule is Cc1c(C)c2c(N3CCC(N(C)S(N)(=O)=O)CC3)ncnn2c1Cl. The van der Waals surface area contributed by atoms with E-state index in [1.165, 1.54) is 17.7 Å². The first-order valence-electron chi connectivity index (χ1n) is 7.71. The molecule has 0 spiro atoms. The Labute approximate surface area is 146 Å². The number of nitrogens with two attached hydrogens (primary N) is 1. The molecule has 0 aliphatic carbocycles. The standard InChI is InChI=1S/C14H21ClN6O2S/c1-9-10(2)13(15)21-12(9)14(17-8-18-21)20-6-4-11(5-7-20)19(3)24(16,22)23/h8,11H,4-7H2,1-3H3,(H2,16,22,23). The molecule has 0 atom stereocenters. The van der Waals surface area contributed by atoms with Gasteiger partial charge in [-0.25, -0.2) is 14.6 Å². The lowest BCUT2D eigenvalue weighted by molar-refractivity contribution is 0.312. The van der Waals surface area contributed by atoms with Crippen LogP contribution in [-0.2, 0) is 10.2 Å². The largest absolute Gasteiger partial charge is 0.355 e. The lowest BCUT2D eigenvalue weighted by Gasteiger charge is -2.36. The topological polar surface area (TPSA) is 96.8 Å². The average molecular weight is 373 g/mol. The molecule has 10 heteroatoms. The molecule has 24 heavy (non-hydrogen) atoms. The second-order valence-corrected chi connectivity index (χ2v) is 8.13. The van der Waals surface area contributed by atoms with E-state index in [-0.39, 0.29) is 6.04 Å². The van der Waals surface area contributed by atoms with E-state index in [2.05, 4.69) is 15.0 Å². The van der Waals surface area contributed by atoms with Crippen LogP contribution in [0.1, 0.15) is 24.0 Å². The fourth-order valence-electron chi connectivity index (χ4n) is 3.19. The van der Waals surface area contributed by atoms with Gasteiger partial charge in [-0.3, -0.25) is 0 Å². The van der Waals surface area contributed by atoms with Crippen LogP contribution in [0.15, 0.2) is 6.33 Å². The van der Waals surface area contributed by atoms with Crippen LogP contribution in [0, 0.1) is 13.8 Å². The van der Waals surface area contributed by atoms with E-state index >= 15 is 0 Å². The van der Waals surface area contributed by atoms with E-state index in [1.54, 1.807) is 4.52 Å². The van der Waals surface area contributed by atoms with Gasteiger partial charge in [-0.1, -0.05) is 11.6 Å². The van der Waals surface area contributed by atoms with Crippen LogP contribution in [0.3, 0.4) is 0 Å². The molecule has 8 nitrogen and oxygen atoms in total. The molecule has 3 rings (SSSR count). The quantitative estimate of drug-likeness (QED) is 0.870. The number of aromatic nitrogens is 3. The summed E-state index contributed by atoms with van der Waals surface area (Å²) in [4.78, 5) is 6.59. The van der Waals surface area contributed by atoms with Crippen LogP contribution in [-0.4, -0.2) is 53.5 Å². The van der Waals surface area contributed by atoms with Crippen LogP contribution in [0.2, 0.25) is 5.15 Å². The maximum absolute atomic E-state index is 11.5. The van der Waals surface area contributed by atoms with E-state index in [0.717, 1.165) is 22.5 Å². The highest BCUT2D eigenvalue weighted by Gasteiger charge is 2.29. The zero-order valence-electron chi connectivity index (χ0n) is 13.9. The molecule has 0 radical (unpaired) electrons.